The van der Waals surface area contributed by atoms with Crippen molar-refractivity contribution < 1.29 is 0 Å². The molecule has 2 heteroatoms. The summed E-state index contributed by atoms with van der Waals surface area (Å²) in [5, 5.41) is 2.68. The number of nitrogens with zero attached hydrogens (tertiary/aromatic N) is 1. The van der Waals surface area contributed by atoms with Gasteiger partial charge in [0.1, 0.15) is 0 Å². The summed E-state index contributed by atoms with van der Waals surface area (Å²) in [4.78, 5) is 2.48. The van der Waals surface area contributed by atoms with Crippen LogP contribution in [0.4, 0.5) is 17.1 Å². The standard InChI is InChI=1S/C58H45NS/c1-2-11-39(12-3-1)40-21-25-44(26-22-40)59(46-29-30-54-52(36-46)49-15-6-8-18-53(49)58(54)42-32-37-31-38(34-42)35-43(58)33-37)45-27-23-41(24-28-45)47-13-4-5-14-48(47)50-17-10-20-56-57(50)51-16-7-9-19-55(51)60-56/h1-30,36-38,42-43H,31-35H2. The Morgan fingerprint density at radius 1 is 0.383 bits per heavy atom. The van der Waals surface area contributed by atoms with E-state index in [1.807, 2.05) is 11.3 Å². The molecule has 0 atom stereocenters. The Hall–Kier alpha value is -6.22. The van der Waals surface area contributed by atoms with Gasteiger partial charge in [0.2, 0.25) is 0 Å². The molecule has 0 amide bonds. The minimum atomic E-state index is 0.161. The number of hydrogen-bond acceptors (Lipinski definition) is 2. The SMILES string of the molecule is c1ccc(-c2ccc(N(c3ccc(-c4ccccc4-c4cccc5sc6ccccc6c45)cc3)c3ccc4c(c3)-c3ccccc3C43C4CC5CC(C4)CC3C5)cc2)cc1. The third-order valence-electron chi connectivity index (χ3n) is 15.1. The van der Waals surface area contributed by atoms with Crippen LogP contribution in [0, 0.1) is 23.7 Å². The van der Waals surface area contributed by atoms with E-state index in [-0.39, 0.29) is 5.41 Å². The number of hydrogen-bond donors (Lipinski definition) is 0. The van der Waals surface area contributed by atoms with E-state index in [9.17, 15) is 0 Å². The largest absolute Gasteiger partial charge is 0.310 e. The zero-order chi connectivity index (χ0) is 39.4. The van der Waals surface area contributed by atoms with Crippen LogP contribution in [0.5, 0.6) is 0 Å². The minimum Gasteiger partial charge on any atom is -0.310 e. The third kappa shape index (κ3) is 5.10. The summed E-state index contributed by atoms with van der Waals surface area (Å²) in [7, 11) is 0. The highest BCUT2D eigenvalue weighted by Crippen LogP contribution is 2.69. The van der Waals surface area contributed by atoms with Gasteiger partial charge in [-0.25, -0.2) is 0 Å². The summed E-state index contributed by atoms with van der Waals surface area (Å²) in [5.41, 5.74) is 17.3. The summed E-state index contributed by atoms with van der Waals surface area (Å²) in [6, 6.07) is 70.8. The Morgan fingerprint density at radius 2 is 0.933 bits per heavy atom. The van der Waals surface area contributed by atoms with E-state index in [4.69, 9.17) is 0 Å². The van der Waals surface area contributed by atoms with E-state index in [2.05, 4.69) is 193 Å². The first-order valence-electron chi connectivity index (χ1n) is 22.0. The first kappa shape index (κ1) is 34.6. The molecule has 9 aromatic rings. The zero-order valence-corrected chi connectivity index (χ0v) is 34.4. The molecule has 4 fully saturated rings. The summed E-state index contributed by atoms with van der Waals surface area (Å²) < 4.78 is 2.67. The lowest BCUT2D eigenvalue weighted by Crippen LogP contribution is -2.55. The molecule has 1 heterocycles. The van der Waals surface area contributed by atoms with Crippen molar-refractivity contribution in [1.29, 1.82) is 0 Å². The normalized spacial score (nSPS) is 22.1. The molecule has 5 aliphatic carbocycles. The summed E-state index contributed by atoms with van der Waals surface area (Å²) in [6.07, 6.45) is 7.07. The molecule has 0 aliphatic heterocycles. The minimum absolute atomic E-state index is 0.161. The molecule has 1 spiro atoms. The maximum absolute atomic E-state index is 2.55. The van der Waals surface area contributed by atoms with Crippen LogP contribution in [0.1, 0.15) is 43.2 Å². The fraction of sp³-hybridized carbons (Fsp3) is 0.172. The first-order chi connectivity index (χ1) is 29.7. The second-order valence-electron chi connectivity index (χ2n) is 18.1. The van der Waals surface area contributed by atoms with E-state index in [1.165, 1.54) is 102 Å². The highest BCUT2D eigenvalue weighted by molar-refractivity contribution is 7.25. The monoisotopic (exact) mass is 787 g/mol. The molecule has 0 unspecified atom stereocenters. The van der Waals surface area contributed by atoms with Gasteiger partial charge in [-0.2, -0.15) is 0 Å². The van der Waals surface area contributed by atoms with E-state index < -0.39 is 0 Å². The van der Waals surface area contributed by atoms with Gasteiger partial charge in [0.05, 0.1) is 0 Å². The Morgan fingerprint density at radius 3 is 1.68 bits per heavy atom. The van der Waals surface area contributed by atoms with Crippen LogP contribution in [0.2, 0.25) is 0 Å². The Bertz CT molecular complexity index is 3070. The van der Waals surface area contributed by atoms with Crippen molar-refractivity contribution in [1.82, 2.24) is 0 Å². The lowest BCUT2D eigenvalue weighted by atomic mass is 9.43. The molecule has 0 radical (unpaired) electrons. The number of benzene rings is 8. The molecule has 0 N–H and O–H groups in total. The number of thiophene rings is 1. The molecule has 4 bridgehead atoms. The Balaban J connectivity index is 0.938. The molecule has 14 rings (SSSR count). The van der Waals surface area contributed by atoms with Crippen LogP contribution < -0.4 is 4.90 Å². The summed E-state index contributed by atoms with van der Waals surface area (Å²) >= 11 is 1.88. The molecular formula is C58H45NS. The van der Waals surface area contributed by atoms with E-state index >= 15 is 0 Å². The van der Waals surface area contributed by atoms with Crippen LogP contribution in [0.15, 0.2) is 188 Å². The zero-order valence-electron chi connectivity index (χ0n) is 33.6. The topological polar surface area (TPSA) is 3.24 Å². The van der Waals surface area contributed by atoms with E-state index in [1.54, 1.807) is 11.1 Å². The van der Waals surface area contributed by atoms with E-state index in [0.717, 1.165) is 35.0 Å². The van der Waals surface area contributed by atoms with Crippen LogP contribution in [0.25, 0.3) is 64.7 Å². The number of anilines is 3. The predicted molar refractivity (Wildman–Crippen MR) is 254 cm³/mol. The molecule has 5 aliphatic rings. The highest BCUT2D eigenvalue weighted by atomic mass is 32.1. The van der Waals surface area contributed by atoms with Crippen molar-refractivity contribution in [2.75, 3.05) is 4.90 Å². The van der Waals surface area contributed by atoms with Crippen molar-refractivity contribution in [3.8, 4) is 44.5 Å². The van der Waals surface area contributed by atoms with Crippen molar-refractivity contribution in [2.24, 2.45) is 23.7 Å². The molecule has 60 heavy (non-hydrogen) atoms. The smallest absolute Gasteiger partial charge is 0.0468 e. The lowest BCUT2D eigenvalue weighted by Gasteiger charge is -2.61. The molecule has 1 aromatic heterocycles. The van der Waals surface area contributed by atoms with Gasteiger partial charge < -0.3 is 4.90 Å². The second-order valence-corrected chi connectivity index (χ2v) is 19.2. The highest BCUT2D eigenvalue weighted by Gasteiger charge is 2.61. The molecular weight excluding hydrogens is 743 g/mol. The van der Waals surface area contributed by atoms with Gasteiger partial charge in [0.15, 0.2) is 0 Å². The fourth-order valence-corrected chi connectivity index (χ4v) is 14.1. The lowest BCUT2D eigenvalue weighted by molar-refractivity contribution is -0.0399. The van der Waals surface area contributed by atoms with Gasteiger partial charge in [0, 0.05) is 42.6 Å². The van der Waals surface area contributed by atoms with Crippen molar-refractivity contribution in [3.05, 3.63) is 199 Å². The summed E-state index contributed by atoms with van der Waals surface area (Å²) in [5.74, 6) is 3.37. The average Bonchev–Trinajstić information content (AvgIpc) is 3.83. The summed E-state index contributed by atoms with van der Waals surface area (Å²) in [6.45, 7) is 0. The van der Waals surface area contributed by atoms with Gasteiger partial charge in [-0.05, 0) is 160 Å². The maximum Gasteiger partial charge on any atom is 0.0468 e. The second kappa shape index (κ2) is 13.4. The first-order valence-corrected chi connectivity index (χ1v) is 22.8. The van der Waals surface area contributed by atoms with E-state index in [0.29, 0.717) is 0 Å². The van der Waals surface area contributed by atoms with Crippen LogP contribution in [0.3, 0.4) is 0 Å². The van der Waals surface area contributed by atoms with Gasteiger partial charge in [-0.15, -0.1) is 11.3 Å². The Kier molecular flexibility index (Phi) is 7.73. The molecule has 8 aromatic carbocycles. The van der Waals surface area contributed by atoms with Gasteiger partial charge in [-0.3, -0.25) is 0 Å². The van der Waals surface area contributed by atoms with Crippen LogP contribution in [-0.2, 0) is 5.41 Å². The quantitative estimate of drug-likeness (QED) is 0.162. The number of fused-ring (bicyclic) bond motifs is 6. The van der Waals surface area contributed by atoms with Gasteiger partial charge in [-0.1, -0.05) is 140 Å². The maximum atomic E-state index is 2.55. The third-order valence-corrected chi connectivity index (χ3v) is 16.2. The van der Waals surface area contributed by atoms with Crippen molar-refractivity contribution >= 4 is 48.6 Å². The molecule has 0 saturated heterocycles. The predicted octanol–water partition coefficient (Wildman–Crippen LogP) is 16.2. The fourth-order valence-electron chi connectivity index (χ4n) is 12.9. The Labute approximate surface area is 356 Å². The van der Waals surface area contributed by atoms with Gasteiger partial charge >= 0.3 is 0 Å². The average molecular weight is 788 g/mol. The number of rotatable bonds is 6. The molecule has 1 nitrogen and oxygen atoms in total. The van der Waals surface area contributed by atoms with Crippen LogP contribution in [-0.4, -0.2) is 0 Å². The molecule has 288 valence electrons. The van der Waals surface area contributed by atoms with Crippen molar-refractivity contribution in [2.45, 2.75) is 37.5 Å². The molecule has 4 saturated carbocycles. The van der Waals surface area contributed by atoms with Gasteiger partial charge in [0.25, 0.3) is 0 Å². The van der Waals surface area contributed by atoms with Crippen molar-refractivity contribution in [3.63, 3.8) is 0 Å². The van der Waals surface area contributed by atoms with Crippen LogP contribution >= 0.6 is 11.3 Å².